The van der Waals surface area contributed by atoms with Crippen LogP contribution in [0.1, 0.15) is 30.3 Å². The number of halogens is 1. The minimum absolute atomic E-state index is 0.0984. The van der Waals surface area contributed by atoms with Gasteiger partial charge in [-0.15, -0.1) is 0 Å². The summed E-state index contributed by atoms with van der Waals surface area (Å²) in [5.74, 6) is -0.249. The van der Waals surface area contributed by atoms with E-state index < -0.39 is 5.97 Å². The first-order chi connectivity index (χ1) is 10.1. The first kappa shape index (κ1) is 15.6. The number of carbonyl (C=O) groups excluding carboxylic acids is 1. The van der Waals surface area contributed by atoms with Crippen LogP contribution in [0.4, 0.5) is 0 Å². The molecule has 2 rings (SSSR count). The highest BCUT2D eigenvalue weighted by Gasteiger charge is 2.20. The molecule has 0 radical (unpaired) electrons. The van der Waals surface area contributed by atoms with E-state index in [-0.39, 0.29) is 11.4 Å². The Kier molecular flexibility index (Phi) is 5.01. The second-order valence-corrected chi connectivity index (χ2v) is 5.25. The third-order valence-corrected chi connectivity index (χ3v) is 3.67. The molecule has 0 atom stereocenters. The summed E-state index contributed by atoms with van der Waals surface area (Å²) in [5.41, 5.74) is -0.0984. The zero-order valence-electron chi connectivity index (χ0n) is 11.9. The largest absolute Gasteiger partial charge is 0.505 e. The molecule has 0 spiro atoms. The van der Waals surface area contributed by atoms with Crippen molar-refractivity contribution in [2.75, 3.05) is 13.7 Å². The van der Waals surface area contributed by atoms with Gasteiger partial charge in [0.15, 0.2) is 11.4 Å². The first-order valence-electron chi connectivity index (χ1n) is 6.61. The van der Waals surface area contributed by atoms with Gasteiger partial charge in [0.25, 0.3) is 0 Å². The Labute approximate surface area is 131 Å². The third kappa shape index (κ3) is 3.26. The molecule has 5 nitrogen and oxygen atoms in total. The van der Waals surface area contributed by atoms with Crippen LogP contribution in [-0.2, 0) is 4.74 Å². The fourth-order valence-electron chi connectivity index (χ4n) is 1.88. The monoisotopic (exact) mass is 353 g/mol. The number of carbonyl (C=O) groups is 1. The minimum Gasteiger partial charge on any atom is -0.505 e. The molecule has 1 aromatic heterocycles. The van der Waals surface area contributed by atoms with Gasteiger partial charge in [-0.1, -0.05) is 13.3 Å². The maximum absolute atomic E-state index is 12.0. The molecule has 0 amide bonds. The van der Waals surface area contributed by atoms with Crippen LogP contribution in [0.15, 0.2) is 22.8 Å². The zero-order valence-corrected chi connectivity index (χ0v) is 13.4. The third-order valence-electron chi connectivity index (χ3n) is 3.06. The zero-order chi connectivity index (χ0) is 15.4. The van der Waals surface area contributed by atoms with E-state index in [0.29, 0.717) is 27.7 Å². The van der Waals surface area contributed by atoms with Crippen LogP contribution < -0.4 is 4.74 Å². The number of nitrogens with zero attached hydrogens (tertiary/aromatic N) is 1. The van der Waals surface area contributed by atoms with Gasteiger partial charge in [-0.3, -0.25) is 0 Å². The minimum atomic E-state index is -0.633. The van der Waals surface area contributed by atoms with Gasteiger partial charge in [0, 0.05) is 10.8 Å². The predicted molar refractivity (Wildman–Crippen MR) is 82.9 cm³/mol. The summed E-state index contributed by atoms with van der Waals surface area (Å²) in [7, 11) is 1.54. The molecule has 0 aliphatic rings. The summed E-state index contributed by atoms with van der Waals surface area (Å²) < 4.78 is 10.7. The number of benzene rings is 1. The topological polar surface area (TPSA) is 68.7 Å². The van der Waals surface area contributed by atoms with Crippen molar-refractivity contribution in [1.82, 2.24) is 4.98 Å². The lowest BCUT2D eigenvalue weighted by atomic mass is 10.1. The van der Waals surface area contributed by atoms with Crippen molar-refractivity contribution in [3.63, 3.8) is 0 Å². The molecule has 0 aliphatic heterocycles. The van der Waals surface area contributed by atoms with Crippen LogP contribution in [-0.4, -0.2) is 29.8 Å². The molecule has 0 aliphatic carbocycles. The molecule has 21 heavy (non-hydrogen) atoms. The van der Waals surface area contributed by atoms with Crippen LogP contribution in [0.2, 0.25) is 0 Å². The standard InChI is InChI=1S/C15H16BrNO4/c1-3-4-7-21-15(19)12-13(18)11-8-9(20-2)5-6-10(11)14(16)17-12/h5-6,8,18H,3-4,7H2,1-2H3. The summed E-state index contributed by atoms with van der Waals surface area (Å²) in [6.07, 6.45) is 1.69. The molecular formula is C15H16BrNO4. The average molecular weight is 354 g/mol. The molecule has 1 aromatic carbocycles. The van der Waals surface area contributed by atoms with Gasteiger partial charge in [0.05, 0.1) is 13.7 Å². The van der Waals surface area contributed by atoms with Crippen LogP contribution >= 0.6 is 15.9 Å². The van der Waals surface area contributed by atoms with Gasteiger partial charge in [0.1, 0.15) is 10.4 Å². The lowest BCUT2D eigenvalue weighted by Gasteiger charge is -2.10. The molecule has 0 bridgehead atoms. The lowest BCUT2D eigenvalue weighted by Crippen LogP contribution is -2.09. The van der Waals surface area contributed by atoms with Crippen molar-refractivity contribution in [1.29, 1.82) is 0 Å². The molecule has 0 saturated heterocycles. The van der Waals surface area contributed by atoms with Gasteiger partial charge in [0.2, 0.25) is 0 Å². The fourth-order valence-corrected chi connectivity index (χ4v) is 2.41. The van der Waals surface area contributed by atoms with Crippen molar-refractivity contribution < 1.29 is 19.4 Å². The van der Waals surface area contributed by atoms with Crippen molar-refractivity contribution >= 4 is 32.7 Å². The normalized spacial score (nSPS) is 10.6. The maximum Gasteiger partial charge on any atom is 0.360 e. The summed E-state index contributed by atoms with van der Waals surface area (Å²) >= 11 is 3.31. The van der Waals surface area contributed by atoms with Crippen LogP contribution in [0.3, 0.4) is 0 Å². The Hall–Kier alpha value is -1.82. The Morgan fingerprint density at radius 2 is 2.14 bits per heavy atom. The van der Waals surface area contributed by atoms with Crippen molar-refractivity contribution in [3.8, 4) is 11.5 Å². The van der Waals surface area contributed by atoms with E-state index >= 15 is 0 Å². The van der Waals surface area contributed by atoms with E-state index in [1.807, 2.05) is 6.92 Å². The van der Waals surface area contributed by atoms with E-state index in [1.165, 1.54) is 7.11 Å². The van der Waals surface area contributed by atoms with Crippen LogP contribution in [0.25, 0.3) is 10.8 Å². The number of hydrogen-bond donors (Lipinski definition) is 1. The van der Waals surface area contributed by atoms with Crippen molar-refractivity contribution in [2.24, 2.45) is 0 Å². The molecule has 2 aromatic rings. The fraction of sp³-hybridized carbons (Fsp3) is 0.333. The van der Waals surface area contributed by atoms with Crippen molar-refractivity contribution in [3.05, 3.63) is 28.5 Å². The molecule has 0 unspecified atom stereocenters. The highest BCUT2D eigenvalue weighted by Crippen LogP contribution is 2.34. The number of methoxy groups -OCH3 is 1. The summed E-state index contributed by atoms with van der Waals surface area (Å²) in [4.78, 5) is 16.1. The first-order valence-corrected chi connectivity index (χ1v) is 7.41. The summed E-state index contributed by atoms with van der Waals surface area (Å²) in [5, 5.41) is 11.5. The molecule has 1 N–H and O–H groups in total. The van der Waals surface area contributed by atoms with Crippen LogP contribution in [0.5, 0.6) is 11.5 Å². The quantitative estimate of drug-likeness (QED) is 0.504. The highest BCUT2D eigenvalue weighted by molar-refractivity contribution is 9.10. The molecule has 0 saturated carbocycles. The number of fused-ring (bicyclic) bond motifs is 1. The Balaban J connectivity index is 2.45. The second-order valence-electron chi connectivity index (χ2n) is 4.50. The Morgan fingerprint density at radius 1 is 1.38 bits per heavy atom. The van der Waals surface area contributed by atoms with E-state index in [2.05, 4.69) is 20.9 Å². The number of pyridine rings is 1. The number of rotatable bonds is 5. The Bertz CT molecular complexity index is 672. The molecule has 6 heteroatoms. The average Bonchev–Trinajstić information content (AvgIpc) is 2.50. The van der Waals surface area contributed by atoms with E-state index in [1.54, 1.807) is 18.2 Å². The van der Waals surface area contributed by atoms with Gasteiger partial charge >= 0.3 is 5.97 Å². The number of aromatic hydroxyl groups is 1. The summed E-state index contributed by atoms with van der Waals surface area (Å²) in [6.45, 7) is 2.31. The van der Waals surface area contributed by atoms with E-state index in [4.69, 9.17) is 9.47 Å². The second kappa shape index (κ2) is 6.76. The Morgan fingerprint density at radius 3 is 2.81 bits per heavy atom. The molecule has 0 fully saturated rings. The SMILES string of the molecule is CCCCOC(=O)c1nc(Br)c2ccc(OC)cc2c1O. The number of unbranched alkanes of at least 4 members (excludes halogenated alkanes) is 1. The molecule has 1 heterocycles. The van der Waals surface area contributed by atoms with Gasteiger partial charge in [-0.25, -0.2) is 9.78 Å². The maximum atomic E-state index is 12.0. The predicted octanol–water partition coefficient (Wildman–Crippen LogP) is 3.67. The van der Waals surface area contributed by atoms with Gasteiger partial charge in [-0.05, 0) is 40.5 Å². The number of ether oxygens (including phenoxy) is 2. The number of hydrogen-bond acceptors (Lipinski definition) is 5. The van der Waals surface area contributed by atoms with Gasteiger partial charge in [-0.2, -0.15) is 0 Å². The number of aromatic nitrogens is 1. The lowest BCUT2D eigenvalue weighted by molar-refractivity contribution is 0.0489. The highest BCUT2D eigenvalue weighted by atomic mass is 79.9. The number of esters is 1. The summed E-state index contributed by atoms with van der Waals surface area (Å²) in [6, 6.07) is 5.17. The van der Waals surface area contributed by atoms with E-state index in [0.717, 1.165) is 12.8 Å². The van der Waals surface area contributed by atoms with E-state index in [9.17, 15) is 9.90 Å². The molecule has 112 valence electrons. The van der Waals surface area contributed by atoms with Crippen LogP contribution in [0, 0.1) is 0 Å². The smallest absolute Gasteiger partial charge is 0.360 e. The van der Waals surface area contributed by atoms with Crippen molar-refractivity contribution in [2.45, 2.75) is 19.8 Å². The molecular weight excluding hydrogens is 338 g/mol. The van der Waals surface area contributed by atoms with Gasteiger partial charge < -0.3 is 14.6 Å².